The van der Waals surface area contributed by atoms with E-state index in [4.69, 9.17) is 0 Å². The van der Waals surface area contributed by atoms with E-state index in [0.29, 0.717) is 0 Å². The van der Waals surface area contributed by atoms with E-state index in [1.807, 2.05) is 10.8 Å². The summed E-state index contributed by atoms with van der Waals surface area (Å²) in [6.45, 7) is 4.95. The third-order valence-corrected chi connectivity index (χ3v) is 3.51. The number of aryl methyl sites for hydroxylation is 1. The van der Waals surface area contributed by atoms with Gasteiger partial charge in [0.1, 0.15) is 11.4 Å². The zero-order valence-corrected chi connectivity index (χ0v) is 10.2. The van der Waals surface area contributed by atoms with Crippen molar-refractivity contribution in [3.05, 3.63) is 18.2 Å². The number of hydrogen-bond acceptors (Lipinski definition) is 3. The number of rotatable bonds is 2. The Balaban J connectivity index is 2.23. The number of hydrogen-bond donors (Lipinski definition) is 1. The normalized spacial score (nSPS) is 27.9. The monoisotopic (exact) mass is 223 g/mol. The number of imidazole rings is 1. The molecule has 0 aromatic carbocycles. The lowest BCUT2D eigenvalue weighted by molar-refractivity contribution is 0.00977. The van der Waals surface area contributed by atoms with Crippen LogP contribution in [0.25, 0.3) is 0 Å². The SMILES string of the molecule is CCn1ccnc1C1(O)CCCN(C)CC1. The van der Waals surface area contributed by atoms with Crippen molar-refractivity contribution in [1.29, 1.82) is 0 Å². The van der Waals surface area contributed by atoms with E-state index in [1.165, 1.54) is 0 Å². The predicted molar refractivity (Wildman–Crippen MR) is 63.1 cm³/mol. The van der Waals surface area contributed by atoms with Crippen molar-refractivity contribution < 1.29 is 5.11 Å². The van der Waals surface area contributed by atoms with Crippen LogP contribution in [0, 0.1) is 0 Å². The molecule has 4 heteroatoms. The van der Waals surface area contributed by atoms with E-state index in [1.54, 1.807) is 6.20 Å². The first kappa shape index (κ1) is 11.6. The molecule has 1 unspecified atom stereocenters. The second kappa shape index (κ2) is 4.55. The Morgan fingerprint density at radius 3 is 3.00 bits per heavy atom. The van der Waals surface area contributed by atoms with Gasteiger partial charge < -0.3 is 14.6 Å². The Bertz CT molecular complexity index is 350. The number of aromatic nitrogens is 2. The Labute approximate surface area is 96.9 Å². The van der Waals surface area contributed by atoms with Crippen LogP contribution >= 0.6 is 0 Å². The van der Waals surface area contributed by atoms with Crippen molar-refractivity contribution in [2.75, 3.05) is 20.1 Å². The quantitative estimate of drug-likeness (QED) is 0.819. The molecule has 1 aliphatic rings. The summed E-state index contributed by atoms with van der Waals surface area (Å²) < 4.78 is 2.05. The van der Waals surface area contributed by atoms with E-state index >= 15 is 0 Å². The molecule has 16 heavy (non-hydrogen) atoms. The van der Waals surface area contributed by atoms with Gasteiger partial charge in [0, 0.05) is 25.5 Å². The van der Waals surface area contributed by atoms with Gasteiger partial charge in [-0.05, 0) is 39.8 Å². The molecule has 0 radical (unpaired) electrons. The van der Waals surface area contributed by atoms with E-state index in [0.717, 1.165) is 44.7 Å². The van der Waals surface area contributed by atoms with Crippen LogP contribution < -0.4 is 0 Å². The highest BCUT2D eigenvalue weighted by Gasteiger charge is 2.34. The van der Waals surface area contributed by atoms with E-state index in [2.05, 4.69) is 23.9 Å². The summed E-state index contributed by atoms with van der Waals surface area (Å²) in [5, 5.41) is 10.7. The van der Waals surface area contributed by atoms with Crippen LogP contribution in [0.15, 0.2) is 12.4 Å². The summed E-state index contributed by atoms with van der Waals surface area (Å²) in [5.41, 5.74) is -0.732. The summed E-state index contributed by atoms with van der Waals surface area (Å²) in [7, 11) is 2.11. The van der Waals surface area contributed by atoms with Crippen molar-refractivity contribution in [2.45, 2.75) is 38.3 Å². The predicted octanol–water partition coefficient (Wildman–Crippen LogP) is 1.21. The molecule has 1 aliphatic heterocycles. The summed E-state index contributed by atoms with van der Waals surface area (Å²) in [4.78, 5) is 6.62. The van der Waals surface area contributed by atoms with Crippen molar-refractivity contribution in [1.82, 2.24) is 14.5 Å². The van der Waals surface area contributed by atoms with Gasteiger partial charge in [-0.25, -0.2) is 4.98 Å². The van der Waals surface area contributed by atoms with Gasteiger partial charge >= 0.3 is 0 Å². The molecule has 1 N–H and O–H groups in total. The van der Waals surface area contributed by atoms with Crippen molar-refractivity contribution in [3.63, 3.8) is 0 Å². The first-order chi connectivity index (χ1) is 7.65. The standard InChI is InChI=1S/C12H21N3O/c1-3-15-10-7-13-11(15)12(16)5-4-8-14(2)9-6-12/h7,10,16H,3-6,8-9H2,1-2H3. The summed E-state index contributed by atoms with van der Waals surface area (Å²) in [6.07, 6.45) is 6.35. The first-order valence-corrected chi connectivity index (χ1v) is 6.08. The minimum atomic E-state index is -0.732. The first-order valence-electron chi connectivity index (χ1n) is 6.08. The highest BCUT2D eigenvalue weighted by molar-refractivity contribution is 5.06. The molecule has 1 fully saturated rings. The average molecular weight is 223 g/mol. The average Bonchev–Trinajstić information content (AvgIpc) is 2.68. The second-order valence-electron chi connectivity index (χ2n) is 4.73. The van der Waals surface area contributed by atoms with E-state index in [-0.39, 0.29) is 0 Å². The molecule has 0 bridgehead atoms. The van der Waals surface area contributed by atoms with Crippen molar-refractivity contribution >= 4 is 0 Å². The van der Waals surface area contributed by atoms with Gasteiger partial charge in [-0.15, -0.1) is 0 Å². The summed E-state index contributed by atoms with van der Waals surface area (Å²) >= 11 is 0. The molecule has 2 heterocycles. The zero-order valence-electron chi connectivity index (χ0n) is 10.2. The summed E-state index contributed by atoms with van der Waals surface area (Å²) in [5.74, 6) is 0.838. The maximum absolute atomic E-state index is 10.7. The van der Waals surface area contributed by atoms with Crippen molar-refractivity contribution in [2.24, 2.45) is 0 Å². The fourth-order valence-electron chi connectivity index (χ4n) is 2.45. The minimum Gasteiger partial charge on any atom is -0.382 e. The lowest BCUT2D eigenvalue weighted by atomic mass is 9.94. The van der Waals surface area contributed by atoms with Gasteiger partial charge in [0.2, 0.25) is 0 Å². The largest absolute Gasteiger partial charge is 0.382 e. The Kier molecular flexibility index (Phi) is 3.30. The molecule has 2 rings (SSSR count). The van der Waals surface area contributed by atoms with E-state index in [9.17, 15) is 5.11 Å². The topological polar surface area (TPSA) is 41.3 Å². The molecule has 0 saturated carbocycles. The maximum Gasteiger partial charge on any atom is 0.140 e. The third kappa shape index (κ3) is 2.13. The molecular formula is C12H21N3O. The van der Waals surface area contributed by atoms with Crippen LogP contribution in [-0.4, -0.2) is 39.7 Å². The molecule has 1 aromatic heterocycles. The minimum absolute atomic E-state index is 0.732. The van der Waals surface area contributed by atoms with Gasteiger partial charge in [0.25, 0.3) is 0 Å². The molecule has 0 spiro atoms. The molecule has 0 aliphatic carbocycles. The van der Waals surface area contributed by atoms with E-state index < -0.39 is 5.60 Å². The molecule has 4 nitrogen and oxygen atoms in total. The number of aliphatic hydroxyl groups is 1. The van der Waals surface area contributed by atoms with Crippen molar-refractivity contribution in [3.8, 4) is 0 Å². The molecule has 1 atom stereocenters. The molecule has 0 amide bonds. The second-order valence-corrected chi connectivity index (χ2v) is 4.73. The van der Waals surface area contributed by atoms with Gasteiger partial charge in [-0.1, -0.05) is 0 Å². The van der Waals surface area contributed by atoms with Gasteiger partial charge in [-0.2, -0.15) is 0 Å². The lowest BCUT2D eigenvalue weighted by Gasteiger charge is -2.26. The number of nitrogens with zero attached hydrogens (tertiary/aromatic N) is 3. The summed E-state index contributed by atoms with van der Waals surface area (Å²) in [6, 6.07) is 0. The van der Waals surface area contributed by atoms with Crippen LogP contribution in [0.5, 0.6) is 0 Å². The van der Waals surface area contributed by atoms with Gasteiger partial charge in [0.15, 0.2) is 0 Å². The Hall–Kier alpha value is -0.870. The third-order valence-electron chi connectivity index (χ3n) is 3.51. The molecular weight excluding hydrogens is 202 g/mol. The maximum atomic E-state index is 10.7. The highest BCUT2D eigenvalue weighted by atomic mass is 16.3. The molecule has 90 valence electrons. The fourth-order valence-corrected chi connectivity index (χ4v) is 2.45. The van der Waals surface area contributed by atoms with Crippen LogP contribution in [0.1, 0.15) is 32.0 Å². The van der Waals surface area contributed by atoms with Crippen LogP contribution in [0.4, 0.5) is 0 Å². The lowest BCUT2D eigenvalue weighted by Crippen LogP contribution is -2.31. The zero-order chi connectivity index (χ0) is 11.6. The highest BCUT2D eigenvalue weighted by Crippen LogP contribution is 2.31. The van der Waals surface area contributed by atoms with Crippen LogP contribution in [0.3, 0.4) is 0 Å². The smallest absolute Gasteiger partial charge is 0.140 e. The fraction of sp³-hybridized carbons (Fsp3) is 0.750. The molecule has 1 saturated heterocycles. The van der Waals surface area contributed by atoms with Gasteiger partial charge in [-0.3, -0.25) is 0 Å². The van der Waals surface area contributed by atoms with Crippen LogP contribution in [0.2, 0.25) is 0 Å². The number of likely N-dealkylation sites (tertiary alicyclic amines) is 1. The van der Waals surface area contributed by atoms with Crippen LogP contribution in [-0.2, 0) is 12.1 Å². The van der Waals surface area contributed by atoms with Gasteiger partial charge in [0.05, 0.1) is 0 Å². The Morgan fingerprint density at radius 2 is 2.25 bits per heavy atom. The molecule has 1 aromatic rings. The Morgan fingerprint density at radius 1 is 1.44 bits per heavy atom.